The number of rotatable bonds is 6. The maximum atomic E-state index is 13.8. The Hall–Kier alpha value is -1.29. The summed E-state index contributed by atoms with van der Waals surface area (Å²) >= 11 is 0. The fourth-order valence-corrected chi connectivity index (χ4v) is 1.77. The molecule has 1 atom stereocenters. The summed E-state index contributed by atoms with van der Waals surface area (Å²) in [7, 11) is 2.94. The predicted molar refractivity (Wildman–Crippen MR) is 68.5 cm³/mol. The molecule has 1 rings (SSSR count). The summed E-state index contributed by atoms with van der Waals surface area (Å²) in [6.45, 7) is 4.13. The summed E-state index contributed by atoms with van der Waals surface area (Å²) in [6, 6.07) is 2.74. The van der Waals surface area contributed by atoms with Crippen molar-refractivity contribution in [1.82, 2.24) is 0 Å². The second-order valence-electron chi connectivity index (χ2n) is 4.72. The number of ether oxygens (including phenoxy) is 2. The lowest BCUT2D eigenvalue weighted by molar-refractivity contribution is 0.154. The molecule has 102 valence electrons. The summed E-state index contributed by atoms with van der Waals surface area (Å²) in [5.74, 6) is 0.763. The van der Waals surface area contributed by atoms with Crippen molar-refractivity contribution < 1.29 is 19.0 Å². The van der Waals surface area contributed by atoms with Crippen LogP contribution in [0.2, 0.25) is 0 Å². The zero-order valence-electron chi connectivity index (χ0n) is 11.4. The van der Waals surface area contributed by atoms with Gasteiger partial charge in [-0.1, -0.05) is 13.8 Å². The van der Waals surface area contributed by atoms with Crippen molar-refractivity contribution in [2.24, 2.45) is 5.92 Å². The highest BCUT2D eigenvalue weighted by atomic mass is 19.1. The highest BCUT2D eigenvalue weighted by Gasteiger charge is 2.17. The first-order valence-electron chi connectivity index (χ1n) is 6.09. The van der Waals surface area contributed by atoms with Crippen LogP contribution in [0.1, 0.15) is 38.4 Å². The number of hydrogen-bond acceptors (Lipinski definition) is 3. The largest absolute Gasteiger partial charge is 0.493 e. The lowest BCUT2D eigenvalue weighted by Gasteiger charge is -2.16. The van der Waals surface area contributed by atoms with Gasteiger partial charge in [0.1, 0.15) is 5.82 Å². The number of halogens is 1. The lowest BCUT2D eigenvalue weighted by atomic mass is 9.99. The third-order valence-electron chi connectivity index (χ3n) is 2.88. The molecule has 0 saturated heterocycles. The van der Waals surface area contributed by atoms with E-state index in [1.54, 1.807) is 0 Å². The van der Waals surface area contributed by atoms with E-state index in [9.17, 15) is 9.50 Å². The van der Waals surface area contributed by atoms with E-state index in [0.717, 1.165) is 6.42 Å². The molecule has 0 spiro atoms. The fourth-order valence-electron chi connectivity index (χ4n) is 1.77. The van der Waals surface area contributed by atoms with E-state index in [1.807, 2.05) is 0 Å². The third-order valence-corrected chi connectivity index (χ3v) is 2.88. The molecule has 3 nitrogen and oxygen atoms in total. The predicted octanol–water partition coefficient (Wildman–Crippen LogP) is 3.31. The van der Waals surface area contributed by atoms with Gasteiger partial charge < -0.3 is 14.6 Å². The van der Waals surface area contributed by atoms with E-state index in [0.29, 0.717) is 23.8 Å². The van der Waals surface area contributed by atoms with Crippen LogP contribution in [0.15, 0.2) is 12.1 Å². The summed E-state index contributed by atoms with van der Waals surface area (Å²) in [5.41, 5.74) is 0.258. The van der Waals surface area contributed by atoms with Crippen molar-refractivity contribution >= 4 is 0 Å². The normalized spacial score (nSPS) is 12.6. The second kappa shape index (κ2) is 6.59. The first-order chi connectivity index (χ1) is 8.49. The molecule has 0 amide bonds. The average Bonchev–Trinajstić information content (AvgIpc) is 2.35. The quantitative estimate of drug-likeness (QED) is 0.848. The van der Waals surface area contributed by atoms with Gasteiger partial charge in [0.2, 0.25) is 0 Å². The van der Waals surface area contributed by atoms with Gasteiger partial charge in [0, 0.05) is 11.6 Å². The Morgan fingerprint density at radius 3 is 2.17 bits per heavy atom. The van der Waals surface area contributed by atoms with Crippen molar-refractivity contribution in [2.45, 2.75) is 32.8 Å². The van der Waals surface area contributed by atoms with Gasteiger partial charge in [0.15, 0.2) is 11.5 Å². The van der Waals surface area contributed by atoms with Crippen LogP contribution >= 0.6 is 0 Å². The van der Waals surface area contributed by atoms with E-state index >= 15 is 0 Å². The topological polar surface area (TPSA) is 38.7 Å². The second-order valence-corrected chi connectivity index (χ2v) is 4.72. The Balaban J connectivity index is 2.94. The van der Waals surface area contributed by atoms with E-state index < -0.39 is 11.9 Å². The van der Waals surface area contributed by atoms with Crippen LogP contribution < -0.4 is 9.47 Å². The number of methoxy groups -OCH3 is 2. The molecular weight excluding hydrogens is 235 g/mol. The van der Waals surface area contributed by atoms with Crippen molar-refractivity contribution in [3.63, 3.8) is 0 Å². The lowest BCUT2D eigenvalue weighted by Crippen LogP contribution is -2.04. The number of hydrogen-bond donors (Lipinski definition) is 1. The molecule has 0 aromatic heterocycles. The third kappa shape index (κ3) is 3.60. The molecule has 0 heterocycles. The maximum Gasteiger partial charge on any atom is 0.163 e. The fraction of sp³-hybridized carbons (Fsp3) is 0.571. The standard InChI is InChI=1S/C14H21FO3/c1-9(2)5-6-12(16)10-7-13(17-3)14(18-4)8-11(10)15/h7-9,12,16H,5-6H2,1-4H3. The number of aliphatic hydroxyl groups excluding tert-OH is 1. The van der Waals surface area contributed by atoms with Crippen LogP contribution in [0.4, 0.5) is 4.39 Å². The van der Waals surface area contributed by atoms with Crippen LogP contribution in [0.5, 0.6) is 11.5 Å². The summed E-state index contributed by atoms with van der Waals surface area (Å²) < 4.78 is 23.9. The van der Waals surface area contributed by atoms with Crippen LogP contribution in [0, 0.1) is 11.7 Å². The van der Waals surface area contributed by atoms with Crippen molar-refractivity contribution in [3.8, 4) is 11.5 Å². The molecule has 1 aromatic rings. The molecule has 0 saturated carbocycles. The molecule has 0 radical (unpaired) electrons. The van der Waals surface area contributed by atoms with Gasteiger partial charge in [-0.15, -0.1) is 0 Å². The zero-order chi connectivity index (χ0) is 13.7. The van der Waals surface area contributed by atoms with E-state index in [1.165, 1.54) is 26.4 Å². The number of benzene rings is 1. The summed E-state index contributed by atoms with van der Waals surface area (Å²) in [5, 5.41) is 10.00. The molecule has 4 heteroatoms. The van der Waals surface area contributed by atoms with Crippen molar-refractivity contribution in [2.75, 3.05) is 14.2 Å². The molecule has 18 heavy (non-hydrogen) atoms. The minimum absolute atomic E-state index is 0.258. The zero-order valence-corrected chi connectivity index (χ0v) is 11.4. The van der Waals surface area contributed by atoms with Crippen LogP contribution in [-0.2, 0) is 0 Å². The van der Waals surface area contributed by atoms with Gasteiger partial charge >= 0.3 is 0 Å². The van der Waals surface area contributed by atoms with Gasteiger partial charge in [0.05, 0.1) is 20.3 Å². The molecule has 0 aliphatic heterocycles. The van der Waals surface area contributed by atoms with Crippen molar-refractivity contribution in [3.05, 3.63) is 23.5 Å². The highest BCUT2D eigenvalue weighted by Crippen LogP contribution is 2.33. The van der Waals surface area contributed by atoms with Crippen LogP contribution in [0.25, 0.3) is 0 Å². The molecule has 1 unspecified atom stereocenters. The Kier molecular flexibility index (Phi) is 5.41. The minimum Gasteiger partial charge on any atom is -0.493 e. The van der Waals surface area contributed by atoms with Gasteiger partial charge in [-0.25, -0.2) is 4.39 Å². The van der Waals surface area contributed by atoms with E-state index in [4.69, 9.17) is 9.47 Å². The Morgan fingerprint density at radius 2 is 1.67 bits per heavy atom. The molecular formula is C14H21FO3. The molecule has 1 aromatic carbocycles. The van der Waals surface area contributed by atoms with Gasteiger partial charge in [-0.05, 0) is 24.8 Å². The van der Waals surface area contributed by atoms with Gasteiger partial charge in [-0.2, -0.15) is 0 Å². The van der Waals surface area contributed by atoms with E-state index in [-0.39, 0.29) is 5.56 Å². The van der Waals surface area contributed by atoms with Crippen molar-refractivity contribution in [1.29, 1.82) is 0 Å². The maximum absolute atomic E-state index is 13.8. The monoisotopic (exact) mass is 256 g/mol. The first-order valence-corrected chi connectivity index (χ1v) is 6.09. The average molecular weight is 256 g/mol. The molecule has 0 aliphatic carbocycles. The Labute approximate surface area is 108 Å². The molecule has 1 N–H and O–H groups in total. The van der Waals surface area contributed by atoms with Gasteiger partial charge in [0.25, 0.3) is 0 Å². The summed E-state index contributed by atoms with van der Waals surface area (Å²) in [4.78, 5) is 0. The smallest absolute Gasteiger partial charge is 0.163 e. The minimum atomic E-state index is -0.813. The Bertz CT molecular complexity index is 391. The molecule has 0 aliphatic rings. The molecule has 0 fully saturated rings. The van der Waals surface area contributed by atoms with Crippen LogP contribution in [-0.4, -0.2) is 19.3 Å². The molecule has 0 bridgehead atoms. The first kappa shape index (κ1) is 14.8. The number of aliphatic hydroxyl groups is 1. The Morgan fingerprint density at radius 1 is 1.11 bits per heavy atom. The van der Waals surface area contributed by atoms with Crippen LogP contribution in [0.3, 0.4) is 0 Å². The SMILES string of the molecule is COc1cc(F)c(C(O)CCC(C)C)cc1OC. The summed E-state index contributed by atoms with van der Waals surface area (Å²) in [6.07, 6.45) is 0.561. The van der Waals surface area contributed by atoms with Gasteiger partial charge in [-0.3, -0.25) is 0 Å². The van der Waals surface area contributed by atoms with E-state index in [2.05, 4.69) is 13.8 Å². The highest BCUT2D eigenvalue weighted by molar-refractivity contribution is 5.44.